The fourth-order valence-corrected chi connectivity index (χ4v) is 4.56. The van der Waals surface area contributed by atoms with E-state index in [2.05, 4.69) is 34.9 Å². The Labute approximate surface area is 193 Å². The number of carbonyl (C=O) groups excluding carboxylic acids is 1. The first kappa shape index (κ1) is 22.1. The summed E-state index contributed by atoms with van der Waals surface area (Å²) in [6.45, 7) is 9.23. The summed E-state index contributed by atoms with van der Waals surface area (Å²) in [7, 11) is 0. The van der Waals surface area contributed by atoms with Gasteiger partial charge < -0.3 is 9.88 Å². The van der Waals surface area contributed by atoms with Crippen LogP contribution in [0.25, 0.3) is 16.7 Å². The van der Waals surface area contributed by atoms with Crippen molar-refractivity contribution in [3.05, 3.63) is 66.0 Å². The zero-order valence-corrected chi connectivity index (χ0v) is 19.8. The van der Waals surface area contributed by atoms with Gasteiger partial charge in [-0.05, 0) is 50.5 Å². The summed E-state index contributed by atoms with van der Waals surface area (Å²) >= 11 is 1.48. The summed E-state index contributed by atoms with van der Waals surface area (Å²) in [6, 6.07) is 18.1. The standard InChI is InChI=1S/C25H29N5OS/c1-17(2)14-15-29-22-13-9-8-12-21(22)26-25(29)32-16-23(31)27-24-18(3)28-30(19(24)4)20-10-6-5-7-11-20/h5-13,17H,14-16H2,1-4H3,(H,27,31). The van der Waals surface area contributed by atoms with Gasteiger partial charge in [0.1, 0.15) is 0 Å². The van der Waals surface area contributed by atoms with Gasteiger partial charge in [0.15, 0.2) is 5.16 Å². The summed E-state index contributed by atoms with van der Waals surface area (Å²) < 4.78 is 4.10. The molecular weight excluding hydrogens is 418 g/mol. The lowest BCUT2D eigenvalue weighted by Crippen LogP contribution is -2.16. The number of imidazole rings is 1. The molecule has 2 aromatic heterocycles. The van der Waals surface area contributed by atoms with Crippen molar-refractivity contribution in [1.29, 1.82) is 0 Å². The maximum absolute atomic E-state index is 12.8. The number of nitrogens with zero attached hydrogens (tertiary/aromatic N) is 4. The quantitative estimate of drug-likeness (QED) is 0.356. The molecule has 0 aliphatic rings. The molecule has 0 atom stereocenters. The van der Waals surface area contributed by atoms with Crippen LogP contribution in [0, 0.1) is 19.8 Å². The Morgan fingerprint density at radius 1 is 1.06 bits per heavy atom. The largest absolute Gasteiger partial charge is 0.322 e. The van der Waals surface area contributed by atoms with Crippen LogP contribution >= 0.6 is 11.8 Å². The number of aryl methyl sites for hydroxylation is 2. The number of rotatable bonds is 8. The highest BCUT2D eigenvalue weighted by Crippen LogP contribution is 2.27. The van der Waals surface area contributed by atoms with Gasteiger partial charge in [-0.3, -0.25) is 4.79 Å². The molecule has 7 heteroatoms. The number of anilines is 1. The molecule has 0 unspecified atom stereocenters. The molecule has 0 saturated carbocycles. The highest BCUT2D eigenvalue weighted by Gasteiger charge is 2.17. The number of hydrogen-bond donors (Lipinski definition) is 1. The van der Waals surface area contributed by atoms with Crippen molar-refractivity contribution in [1.82, 2.24) is 19.3 Å². The summed E-state index contributed by atoms with van der Waals surface area (Å²) in [6.07, 6.45) is 1.07. The second-order valence-electron chi connectivity index (χ2n) is 8.35. The molecule has 4 aromatic rings. The highest BCUT2D eigenvalue weighted by atomic mass is 32.2. The number of aromatic nitrogens is 4. The topological polar surface area (TPSA) is 64.7 Å². The van der Waals surface area contributed by atoms with E-state index in [1.165, 1.54) is 11.8 Å². The van der Waals surface area contributed by atoms with E-state index in [1.54, 1.807) is 0 Å². The first-order valence-corrected chi connectivity index (χ1v) is 11.9. The third kappa shape index (κ3) is 4.72. The molecule has 1 N–H and O–H groups in total. The molecule has 0 aliphatic carbocycles. The smallest absolute Gasteiger partial charge is 0.234 e. The molecule has 4 rings (SSSR count). The zero-order chi connectivity index (χ0) is 22.7. The Morgan fingerprint density at radius 2 is 1.78 bits per heavy atom. The summed E-state index contributed by atoms with van der Waals surface area (Å²) in [5.41, 5.74) is 5.54. The van der Waals surface area contributed by atoms with Gasteiger partial charge in [-0.2, -0.15) is 5.10 Å². The van der Waals surface area contributed by atoms with Crippen LogP contribution in [0.2, 0.25) is 0 Å². The van der Waals surface area contributed by atoms with Crippen molar-refractivity contribution in [2.75, 3.05) is 11.1 Å². The van der Waals surface area contributed by atoms with Crippen LogP contribution in [-0.2, 0) is 11.3 Å². The average Bonchev–Trinajstić information content (AvgIpc) is 3.28. The summed E-state index contributed by atoms with van der Waals surface area (Å²) in [4.78, 5) is 17.6. The fraction of sp³-hybridized carbons (Fsp3) is 0.320. The molecule has 0 bridgehead atoms. The van der Waals surface area contributed by atoms with E-state index in [-0.39, 0.29) is 5.91 Å². The minimum atomic E-state index is -0.0590. The number of amides is 1. The SMILES string of the molecule is Cc1nn(-c2ccccc2)c(C)c1NC(=O)CSc1nc2ccccc2n1CCC(C)C. The van der Waals surface area contributed by atoms with Crippen molar-refractivity contribution in [3.8, 4) is 5.69 Å². The first-order chi connectivity index (χ1) is 15.4. The number of benzene rings is 2. The molecule has 0 spiro atoms. The van der Waals surface area contributed by atoms with Crippen molar-refractivity contribution >= 4 is 34.4 Å². The van der Waals surface area contributed by atoms with Crippen LogP contribution in [0.3, 0.4) is 0 Å². The van der Waals surface area contributed by atoms with Crippen molar-refractivity contribution in [2.24, 2.45) is 5.92 Å². The van der Waals surface area contributed by atoms with Crippen LogP contribution in [-0.4, -0.2) is 31.0 Å². The van der Waals surface area contributed by atoms with E-state index in [9.17, 15) is 4.79 Å². The minimum absolute atomic E-state index is 0.0590. The monoisotopic (exact) mass is 447 g/mol. The molecule has 1 amide bonds. The number of carbonyl (C=O) groups is 1. The normalized spacial score (nSPS) is 11.4. The molecule has 6 nitrogen and oxygen atoms in total. The van der Waals surface area contributed by atoms with Gasteiger partial charge in [0, 0.05) is 6.54 Å². The lowest BCUT2D eigenvalue weighted by molar-refractivity contribution is -0.113. The van der Waals surface area contributed by atoms with Gasteiger partial charge >= 0.3 is 0 Å². The van der Waals surface area contributed by atoms with Gasteiger partial charge in [-0.15, -0.1) is 0 Å². The Bertz CT molecular complexity index is 1230. The van der Waals surface area contributed by atoms with E-state index in [0.29, 0.717) is 11.7 Å². The van der Waals surface area contributed by atoms with Crippen molar-refractivity contribution in [3.63, 3.8) is 0 Å². The highest BCUT2D eigenvalue weighted by molar-refractivity contribution is 7.99. The third-order valence-corrected chi connectivity index (χ3v) is 6.41. The van der Waals surface area contributed by atoms with E-state index >= 15 is 0 Å². The predicted octanol–water partition coefficient (Wildman–Crippen LogP) is 5.62. The minimum Gasteiger partial charge on any atom is -0.322 e. The average molecular weight is 448 g/mol. The van der Waals surface area contributed by atoms with Crippen LogP contribution in [0.15, 0.2) is 59.8 Å². The second kappa shape index (κ2) is 9.61. The molecule has 2 aromatic carbocycles. The van der Waals surface area contributed by atoms with Crippen LogP contribution in [0.5, 0.6) is 0 Å². The number of nitrogens with one attached hydrogen (secondary N) is 1. The Kier molecular flexibility index (Phi) is 6.65. The van der Waals surface area contributed by atoms with E-state index in [0.717, 1.165) is 51.9 Å². The van der Waals surface area contributed by atoms with Crippen molar-refractivity contribution in [2.45, 2.75) is 45.8 Å². The predicted molar refractivity (Wildman–Crippen MR) is 132 cm³/mol. The molecule has 0 saturated heterocycles. The van der Waals surface area contributed by atoms with Gasteiger partial charge in [0.2, 0.25) is 5.91 Å². The van der Waals surface area contributed by atoms with Crippen LogP contribution in [0.1, 0.15) is 31.7 Å². The summed E-state index contributed by atoms with van der Waals surface area (Å²) in [5.74, 6) is 0.834. The number of fused-ring (bicyclic) bond motifs is 1. The maximum atomic E-state index is 12.8. The number of para-hydroxylation sites is 3. The molecule has 32 heavy (non-hydrogen) atoms. The van der Waals surface area contributed by atoms with E-state index in [1.807, 2.05) is 67.1 Å². The Morgan fingerprint density at radius 3 is 2.53 bits per heavy atom. The van der Waals surface area contributed by atoms with Gasteiger partial charge in [-0.25, -0.2) is 9.67 Å². The molecule has 0 fully saturated rings. The van der Waals surface area contributed by atoms with E-state index in [4.69, 9.17) is 4.98 Å². The van der Waals surface area contributed by atoms with E-state index < -0.39 is 0 Å². The molecule has 2 heterocycles. The van der Waals surface area contributed by atoms with Crippen LogP contribution in [0.4, 0.5) is 5.69 Å². The van der Waals surface area contributed by atoms with Gasteiger partial charge in [-0.1, -0.05) is 55.9 Å². The van der Waals surface area contributed by atoms with Gasteiger partial charge in [0.25, 0.3) is 0 Å². The summed E-state index contributed by atoms with van der Waals surface area (Å²) in [5, 5.41) is 8.56. The molecule has 166 valence electrons. The van der Waals surface area contributed by atoms with Gasteiger partial charge in [0.05, 0.1) is 39.5 Å². The van der Waals surface area contributed by atoms with Crippen molar-refractivity contribution < 1.29 is 4.79 Å². The fourth-order valence-electron chi connectivity index (χ4n) is 3.72. The molecule has 0 aliphatic heterocycles. The Hall–Kier alpha value is -3.06. The lowest BCUT2D eigenvalue weighted by Gasteiger charge is -2.11. The molecule has 0 radical (unpaired) electrons. The molecular formula is C25H29N5OS. The first-order valence-electron chi connectivity index (χ1n) is 10.9. The number of hydrogen-bond acceptors (Lipinski definition) is 4. The van der Waals surface area contributed by atoms with Crippen LogP contribution < -0.4 is 5.32 Å². The number of thioether (sulfide) groups is 1. The lowest BCUT2D eigenvalue weighted by atomic mass is 10.1. The Balaban J connectivity index is 1.49. The second-order valence-corrected chi connectivity index (χ2v) is 9.29. The zero-order valence-electron chi connectivity index (χ0n) is 19.0. The third-order valence-electron chi connectivity index (χ3n) is 5.44. The maximum Gasteiger partial charge on any atom is 0.234 e.